The zero-order chi connectivity index (χ0) is 19.5. The number of carbonyl (C=O) groups excluding carboxylic acids is 1. The third-order valence-corrected chi connectivity index (χ3v) is 4.42. The lowest BCUT2D eigenvalue weighted by Crippen LogP contribution is -2.06. The first-order valence-electron chi connectivity index (χ1n) is 9.35. The van der Waals surface area contributed by atoms with Crippen LogP contribution in [-0.2, 0) is 11.2 Å². The van der Waals surface area contributed by atoms with Crippen molar-refractivity contribution in [2.45, 2.75) is 44.9 Å². The summed E-state index contributed by atoms with van der Waals surface area (Å²) in [5.41, 5.74) is 1.73. The lowest BCUT2D eigenvalue weighted by molar-refractivity contribution is 0.0497. The molecule has 0 atom stereocenters. The summed E-state index contributed by atoms with van der Waals surface area (Å²) < 4.78 is 5.21. The third-order valence-electron chi connectivity index (χ3n) is 4.42. The van der Waals surface area contributed by atoms with Crippen molar-refractivity contribution in [3.63, 3.8) is 0 Å². The molecule has 0 aliphatic rings. The van der Waals surface area contributed by atoms with Crippen LogP contribution in [0.5, 0.6) is 5.75 Å². The summed E-state index contributed by atoms with van der Waals surface area (Å²) in [5, 5.41) is 18.4. The molecule has 0 saturated heterocycles. The first kappa shape index (κ1) is 20.5. The van der Waals surface area contributed by atoms with Crippen molar-refractivity contribution in [2.75, 3.05) is 6.61 Å². The van der Waals surface area contributed by atoms with Crippen LogP contribution in [0.4, 0.5) is 0 Å². The van der Waals surface area contributed by atoms with Gasteiger partial charge in [0, 0.05) is 0 Å². The van der Waals surface area contributed by atoms with Crippen LogP contribution in [0.2, 0.25) is 0 Å². The topological polar surface area (TPSA) is 83.8 Å². The van der Waals surface area contributed by atoms with Gasteiger partial charge in [-0.3, -0.25) is 0 Å². The maximum atomic E-state index is 11.8. The van der Waals surface area contributed by atoms with Gasteiger partial charge in [0.05, 0.1) is 17.7 Å². The number of unbranched alkanes of at least 4 members (excludes halogenated alkanes) is 5. The summed E-state index contributed by atoms with van der Waals surface area (Å²) in [4.78, 5) is 23.0. The Morgan fingerprint density at radius 2 is 1.44 bits per heavy atom. The van der Waals surface area contributed by atoms with E-state index in [-0.39, 0.29) is 11.7 Å². The van der Waals surface area contributed by atoms with E-state index in [0.717, 1.165) is 50.5 Å². The molecule has 2 aromatic carbocycles. The van der Waals surface area contributed by atoms with Crippen molar-refractivity contribution in [1.82, 2.24) is 0 Å². The van der Waals surface area contributed by atoms with Crippen molar-refractivity contribution in [1.29, 1.82) is 0 Å². The molecule has 0 radical (unpaired) electrons. The minimum atomic E-state index is -0.868. The van der Waals surface area contributed by atoms with Gasteiger partial charge in [0.1, 0.15) is 5.75 Å². The number of phenols is 1. The Balaban J connectivity index is 1.52. The number of benzene rings is 2. The number of aromatic carboxylic acids is 1. The van der Waals surface area contributed by atoms with E-state index in [1.165, 1.54) is 12.1 Å². The van der Waals surface area contributed by atoms with Gasteiger partial charge in [0.15, 0.2) is 0 Å². The Labute approximate surface area is 159 Å². The molecular formula is C22H26O5. The molecule has 2 N–H and O–H groups in total. The number of esters is 1. The van der Waals surface area contributed by atoms with E-state index in [1.54, 1.807) is 24.3 Å². The van der Waals surface area contributed by atoms with Crippen LogP contribution < -0.4 is 0 Å². The van der Waals surface area contributed by atoms with Gasteiger partial charge in [0.2, 0.25) is 0 Å². The average molecular weight is 370 g/mol. The predicted molar refractivity (Wildman–Crippen MR) is 103 cm³/mol. The highest BCUT2D eigenvalue weighted by Gasteiger charge is 2.08. The molecule has 5 nitrogen and oxygen atoms in total. The highest BCUT2D eigenvalue weighted by molar-refractivity contribution is 5.89. The van der Waals surface area contributed by atoms with E-state index in [2.05, 4.69) is 0 Å². The number of rotatable bonds is 11. The molecule has 2 aromatic rings. The minimum Gasteiger partial charge on any atom is -0.508 e. The standard InChI is InChI=1S/C22H26O5/c23-19-14-12-18(13-15-19)22(26)27-16-8-4-2-1-3-5-9-17-10-6-7-11-20(17)21(24)25/h6-7,10-15,23H,1-5,8-9,16H2,(H,24,25). The smallest absolute Gasteiger partial charge is 0.338 e. The van der Waals surface area contributed by atoms with E-state index >= 15 is 0 Å². The largest absolute Gasteiger partial charge is 0.508 e. The van der Waals surface area contributed by atoms with E-state index < -0.39 is 5.97 Å². The quantitative estimate of drug-likeness (QED) is 0.437. The summed E-state index contributed by atoms with van der Waals surface area (Å²) in [6.07, 6.45) is 6.78. The number of carbonyl (C=O) groups is 2. The molecule has 0 aromatic heterocycles. The summed E-state index contributed by atoms with van der Waals surface area (Å²) >= 11 is 0. The minimum absolute atomic E-state index is 0.123. The number of carboxylic acids is 1. The van der Waals surface area contributed by atoms with Crippen molar-refractivity contribution in [3.05, 3.63) is 65.2 Å². The Hall–Kier alpha value is -2.82. The summed E-state index contributed by atoms with van der Waals surface area (Å²) in [6, 6.07) is 13.2. The summed E-state index contributed by atoms with van der Waals surface area (Å²) in [5.74, 6) is -1.11. The Kier molecular flexibility index (Phi) is 8.36. The highest BCUT2D eigenvalue weighted by atomic mass is 16.5. The second-order valence-electron chi connectivity index (χ2n) is 6.52. The Morgan fingerprint density at radius 3 is 2.15 bits per heavy atom. The molecule has 0 fully saturated rings. The number of hydrogen-bond donors (Lipinski definition) is 2. The van der Waals surface area contributed by atoms with Gasteiger partial charge in [-0.25, -0.2) is 9.59 Å². The van der Waals surface area contributed by atoms with Gasteiger partial charge < -0.3 is 14.9 Å². The average Bonchev–Trinajstić information content (AvgIpc) is 2.67. The normalized spacial score (nSPS) is 10.5. The molecule has 0 unspecified atom stereocenters. The van der Waals surface area contributed by atoms with Crippen molar-refractivity contribution < 1.29 is 24.5 Å². The second kappa shape index (κ2) is 11.0. The SMILES string of the molecule is O=C(OCCCCCCCCc1ccccc1C(=O)O)c1ccc(O)cc1. The zero-order valence-corrected chi connectivity index (χ0v) is 15.4. The number of aryl methyl sites for hydroxylation is 1. The Morgan fingerprint density at radius 1 is 0.815 bits per heavy atom. The monoisotopic (exact) mass is 370 g/mol. The molecule has 5 heteroatoms. The van der Waals surface area contributed by atoms with Crippen LogP contribution in [0, 0.1) is 0 Å². The predicted octanol–water partition coefficient (Wildman–Crippen LogP) is 4.83. The van der Waals surface area contributed by atoms with Crippen LogP contribution >= 0.6 is 0 Å². The number of ether oxygens (including phenoxy) is 1. The lowest BCUT2D eigenvalue weighted by atomic mass is 10.0. The van der Waals surface area contributed by atoms with Crippen LogP contribution in [0.15, 0.2) is 48.5 Å². The second-order valence-corrected chi connectivity index (χ2v) is 6.52. The van der Waals surface area contributed by atoms with Crippen LogP contribution in [0.1, 0.15) is 64.8 Å². The first-order valence-corrected chi connectivity index (χ1v) is 9.35. The van der Waals surface area contributed by atoms with Crippen molar-refractivity contribution in [3.8, 4) is 5.75 Å². The molecule has 0 amide bonds. The van der Waals surface area contributed by atoms with Gasteiger partial charge in [-0.05, 0) is 55.2 Å². The highest BCUT2D eigenvalue weighted by Crippen LogP contribution is 2.15. The number of hydrogen-bond acceptors (Lipinski definition) is 4. The molecule has 27 heavy (non-hydrogen) atoms. The molecular weight excluding hydrogens is 344 g/mol. The van der Waals surface area contributed by atoms with E-state index in [0.29, 0.717) is 17.7 Å². The van der Waals surface area contributed by atoms with E-state index in [9.17, 15) is 14.7 Å². The number of aromatic hydroxyl groups is 1. The fourth-order valence-corrected chi connectivity index (χ4v) is 2.92. The van der Waals surface area contributed by atoms with Gasteiger partial charge in [-0.2, -0.15) is 0 Å². The molecule has 144 valence electrons. The fourth-order valence-electron chi connectivity index (χ4n) is 2.92. The van der Waals surface area contributed by atoms with Crippen LogP contribution in [0.25, 0.3) is 0 Å². The molecule has 0 aliphatic heterocycles. The maximum absolute atomic E-state index is 11.8. The van der Waals surface area contributed by atoms with Crippen molar-refractivity contribution >= 4 is 11.9 Å². The van der Waals surface area contributed by atoms with Crippen LogP contribution in [0.3, 0.4) is 0 Å². The van der Waals surface area contributed by atoms with Gasteiger partial charge >= 0.3 is 11.9 Å². The summed E-state index contributed by atoms with van der Waals surface area (Å²) in [7, 11) is 0. The van der Waals surface area contributed by atoms with Gasteiger partial charge in [0.25, 0.3) is 0 Å². The number of phenolic OH excluding ortho intramolecular Hbond substituents is 1. The lowest BCUT2D eigenvalue weighted by Gasteiger charge is -2.06. The summed E-state index contributed by atoms with van der Waals surface area (Å²) in [6.45, 7) is 0.395. The molecule has 0 spiro atoms. The molecule has 0 heterocycles. The zero-order valence-electron chi connectivity index (χ0n) is 15.4. The maximum Gasteiger partial charge on any atom is 0.338 e. The van der Waals surface area contributed by atoms with E-state index in [1.807, 2.05) is 12.1 Å². The first-order chi connectivity index (χ1) is 13.1. The van der Waals surface area contributed by atoms with Crippen LogP contribution in [-0.4, -0.2) is 28.8 Å². The number of carboxylic acid groups (broad SMARTS) is 1. The molecule has 0 aliphatic carbocycles. The Bertz CT molecular complexity index is 737. The van der Waals surface area contributed by atoms with Gasteiger partial charge in [-0.15, -0.1) is 0 Å². The molecule has 2 rings (SSSR count). The third kappa shape index (κ3) is 7.13. The molecule has 0 bridgehead atoms. The fraction of sp³-hybridized carbons (Fsp3) is 0.364. The van der Waals surface area contributed by atoms with E-state index in [4.69, 9.17) is 9.84 Å². The van der Waals surface area contributed by atoms with Crippen molar-refractivity contribution in [2.24, 2.45) is 0 Å². The molecule has 0 saturated carbocycles. The van der Waals surface area contributed by atoms with Gasteiger partial charge in [-0.1, -0.05) is 43.9 Å².